The van der Waals surface area contributed by atoms with Gasteiger partial charge in [-0.2, -0.15) is 0 Å². The first kappa shape index (κ1) is 15.5. The number of nitrogens with zero attached hydrogens (tertiary/aromatic N) is 3. The molecule has 5 heteroatoms. The molecular weight excluding hydrogens is 288 g/mol. The van der Waals surface area contributed by atoms with Gasteiger partial charge in [0.2, 0.25) is 5.95 Å². The molecule has 1 N–H and O–H groups in total. The third-order valence-electron chi connectivity index (χ3n) is 4.37. The summed E-state index contributed by atoms with van der Waals surface area (Å²) in [7, 11) is 0. The first-order valence-electron chi connectivity index (χ1n) is 8.11. The molecule has 1 amide bonds. The predicted octanol–water partition coefficient (Wildman–Crippen LogP) is 3.34. The van der Waals surface area contributed by atoms with Crippen LogP contribution >= 0.6 is 0 Å². The smallest absolute Gasteiger partial charge is 0.274 e. The van der Waals surface area contributed by atoms with Crippen LogP contribution in [0.25, 0.3) is 0 Å². The molecule has 0 unspecified atom stereocenters. The number of hydrogen-bond donors (Lipinski definition) is 1. The van der Waals surface area contributed by atoms with E-state index in [2.05, 4.69) is 20.2 Å². The quantitative estimate of drug-likeness (QED) is 0.944. The maximum absolute atomic E-state index is 12.5. The number of carbonyl (C=O) groups is 1. The van der Waals surface area contributed by atoms with Crippen molar-refractivity contribution in [2.75, 3.05) is 23.3 Å². The van der Waals surface area contributed by atoms with E-state index in [1.807, 2.05) is 32.0 Å². The van der Waals surface area contributed by atoms with Gasteiger partial charge in [0.1, 0.15) is 5.69 Å². The lowest BCUT2D eigenvalue weighted by Gasteiger charge is -2.26. The lowest BCUT2D eigenvalue weighted by Crippen LogP contribution is -2.31. The van der Waals surface area contributed by atoms with Gasteiger partial charge in [-0.1, -0.05) is 12.1 Å². The Bertz CT molecular complexity index is 708. The highest BCUT2D eigenvalue weighted by molar-refractivity contribution is 6.03. The monoisotopic (exact) mass is 310 g/mol. The van der Waals surface area contributed by atoms with Crippen LogP contribution in [0.5, 0.6) is 0 Å². The van der Waals surface area contributed by atoms with Crippen molar-refractivity contribution >= 4 is 17.5 Å². The fourth-order valence-electron chi connectivity index (χ4n) is 2.79. The summed E-state index contributed by atoms with van der Waals surface area (Å²) < 4.78 is 0. The molecule has 0 aliphatic carbocycles. The lowest BCUT2D eigenvalue weighted by atomic mass is 10.1. The summed E-state index contributed by atoms with van der Waals surface area (Å²) in [5.41, 5.74) is 3.46. The summed E-state index contributed by atoms with van der Waals surface area (Å²) in [5, 5.41) is 2.95. The molecular formula is C18H22N4O. The van der Waals surface area contributed by atoms with Crippen LogP contribution in [0.3, 0.4) is 0 Å². The summed E-state index contributed by atoms with van der Waals surface area (Å²) in [6, 6.07) is 7.54. The molecule has 0 saturated carbocycles. The van der Waals surface area contributed by atoms with E-state index >= 15 is 0 Å². The minimum absolute atomic E-state index is 0.195. The van der Waals surface area contributed by atoms with E-state index in [9.17, 15) is 4.79 Å². The minimum atomic E-state index is -0.195. The molecule has 2 aromatic rings. The molecule has 2 heterocycles. The van der Waals surface area contributed by atoms with E-state index in [4.69, 9.17) is 0 Å². The minimum Gasteiger partial charge on any atom is -0.341 e. The van der Waals surface area contributed by atoms with Crippen LogP contribution in [0.1, 0.15) is 40.9 Å². The molecule has 23 heavy (non-hydrogen) atoms. The number of aromatic nitrogens is 2. The fourth-order valence-corrected chi connectivity index (χ4v) is 2.79. The zero-order chi connectivity index (χ0) is 16.2. The molecule has 1 fully saturated rings. The molecule has 0 bridgehead atoms. The molecule has 0 atom stereocenters. The highest BCUT2D eigenvalue weighted by atomic mass is 16.1. The van der Waals surface area contributed by atoms with E-state index in [-0.39, 0.29) is 5.91 Å². The normalized spacial score (nSPS) is 14.6. The van der Waals surface area contributed by atoms with E-state index in [0.29, 0.717) is 11.6 Å². The zero-order valence-electron chi connectivity index (χ0n) is 13.7. The third kappa shape index (κ3) is 3.50. The Labute approximate surface area is 136 Å². The van der Waals surface area contributed by atoms with Crippen molar-refractivity contribution in [3.63, 3.8) is 0 Å². The number of piperidine rings is 1. The van der Waals surface area contributed by atoms with Crippen molar-refractivity contribution in [3.05, 3.63) is 47.3 Å². The summed E-state index contributed by atoms with van der Waals surface area (Å²) in [6.07, 6.45) is 5.23. The average Bonchev–Trinajstić information content (AvgIpc) is 2.60. The number of aryl methyl sites for hydroxylation is 1. The van der Waals surface area contributed by atoms with Gasteiger partial charge in [-0.3, -0.25) is 4.79 Å². The van der Waals surface area contributed by atoms with Crippen molar-refractivity contribution in [1.29, 1.82) is 0 Å². The highest BCUT2D eigenvalue weighted by Crippen LogP contribution is 2.19. The topological polar surface area (TPSA) is 58.1 Å². The van der Waals surface area contributed by atoms with Crippen LogP contribution in [-0.2, 0) is 0 Å². The van der Waals surface area contributed by atoms with Crippen molar-refractivity contribution in [3.8, 4) is 0 Å². The van der Waals surface area contributed by atoms with Crippen LogP contribution in [0.15, 0.2) is 30.5 Å². The number of hydrogen-bond acceptors (Lipinski definition) is 4. The first-order valence-corrected chi connectivity index (χ1v) is 8.11. The van der Waals surface area contributed by atoms with Crippen molar-refractivity contribution in [2.24, 2.45) is 0 Å². The van der Waals surface area contributed by atoms with Gasteiger partial charge in [0.15, 0.2) is 0 Å². The molecule has 1 aromatic heterocycles. The van der Waals surface area contributed by atoms with Crippen LogP contribution in [-0.4, -0.2) is 29.0 Å². The summed E-state index contributed by atoms with van der Waals surface area (Å²) in [4.78, 5) is 23.4. The zero-order valence-corrected chi connectivity index (χ0v) is 13.7. The summed E-state index contributed by atoms with van der Waals surface area (Å²) in [5.74, 6) is 0.456. The fraction of sp³-hybridized carbons (Fsp3) is 0.389. The highest BCUT2D eigenvalue weighted by Gasteiger charge is 2.16. The average molecular weight is 310 g/mol. The Morgan fingerprint density at radius 1 is 1.13 bits per heavy atom. The Morgan fingerprint density at radius 3 is 2.70 bits per heavy atom. The molecule has 1 saturated heterocycles. The second kappa shape index (κ2) is 6.77. The van der Waals surface area contributed by atoms with Gasteiger partial charge in [-0.15, -0.1) is 0 Å². The summed E-state index contributed by atoms with van der Waals surface area (Å²) >= 11 is 0. The van der Waals surface area contributed by atoms with E-state index in [1.165, 1.54) is 6.42 Å². The van der Waals surface area contributed by atoms with E-state index < -0.39 is 0 Å². The van der Waals surface area contributed by atoms with Crippen LogP contribution in [0.2, 0.25) is 0 Å². The van der Waals surface area contributed by atoms with Crippen molar-refractivity contribution in [1.82, 2.24) is 9.97 Å². The lowest BCUT2D eigenvalue weighted by molar-refractivity contribution is 0.102. The number of benzene rings is 1. The number of amides is 1. The Balaban J connectivity index is 1.78. The van der Waals surface area contributed by atoms with Crippen LogP contribution in [0.4, 0.5) is 11.6 Å². The number of rotatable bonds is 3. The molecule has 1 aliphatic rings. The van der Waals surface area contributed by atoms with Gasteiger partial charge in [0, 0.05) is 25.0 Å². The van der Waals surface area contributed by atoms with Gasteiger partial charge in [-0.25, -0.2) is 9.97 Å². The Kier molecular flexibility index (Phi) is 4.55. The Hall–Kier alpha value is -2.43. The standard InChI is InChI=1S/C18H22N4O/c1-13-7-6-8-15(14(13)2)20-17(23)16-9-10-19-18(21-16)22-11-4-3-5-12-22/h6-10H,3-5,11-12H2,1-2H3,(H,20,23). The number of nitrogens with one attached hydrogen (secondary N) is 1. The predicted molar refractivity (Wildman–Crippen MR) is 92.0 cm³/mol. The molecule has 120 valence electrons. The molecule has 0 spiro atoms. The number of anilines is 2. The maximum Gasteiger partial charge on any atom is 0.274 e. The van der Waals surface area contributed by atoms with Gasteiger partial charge in [0.25, 0.3) is 5.91 Å². The second-order valence-corrected chi connectivity index (χ2v) is 5.99. The van der Waals surface area contributed by atoms with E-state index in [0.717, 1.165) is 42.7 Å². The summed E-state index contributed by atoms with van der Waals surface area (Å²) in [6.45, 7) is 5.96. The van der Waals surface area contributed by atoms with Crippen molar-refractivity contribution < 1.29 is 4.79 Å². The molecule has 3 rings (SSSR count). The SMILES string of the molecule is Cc1cccc(NC(=O)c2ccnc(N3CCCCC3)n2)c1C. The molecule has 1 aromatic carbocycles. The second-order valence-electron chi connectivity index (χ2n) is 5.99. The van der Waals surface area contributed by atoms with Gasteiger partial charge in [-0.05, 0) is 56.4 Å². The van der Waals surface area contributed by atoms with Gasteiger partial charge < -0.3 is 10.2 Å². The maximum atomic E-state index is 12.5. The Morgan fingerprint density at radius 2 is 1.91 bits per heavy atom. The van der Waals surface area contributed by atoms with Gasteiger partial charge >= 0.3 is 0 Å². The first-order chi connectivity index (χ1) is 11.1. The van der Waals surface area contributed by atoms with Crippen LogP contribution in [0, 0.1) is 13.8 Å². The number of carbonyl (C=O) groups excluding carboxylic acids is 1. The molecule has 1 aliphatic heterocycles. The largest absolute Gasteiger partial charge is 0.341 e. The van der Waals surface area contributed by atoms with Gasteiger partial charge in [0.05, 0.1) is 0 Å². The third-order valence-corrected chi connectivity index (χ3v) is 4.37. The van der Waals surface area contributed by atoms with E-state index in [1.54, 1.807) is 12.3 Å². The van der Waals surface area contributed by atoms with Crippen LogP contribution < -0.4 is 10.2 Å². The van der Waals surface area contributed by atoms with Crippen molar-refractivity contribution in [2.45, 2.75) is 33.1 Å². The molecule has 5 nitrogen and oxygen atoms in total. The molecule has 0 radical (unpaired) electrons.